The molecule has 0 radical (unpaired) electrons. The van der Waals surface area contributed by atoms with Crippen molar-refractivity contribution in [2.45, 2.75) is 58.2 Å². The van der Waals surface area contributed by atoms with Crippen molar-refractivity contribution in [1.82, 2.24) is 20.6 Å². The van der Waals surface area contributed by atoms with Crippen molar-refractivity contribution in [3.8, 4) is 0 Å². The Morgan fingerprint density at radius 2 is 1.84 bits per heavy atom. The first-order valence-electron chi connectivity index (χ1n) is 8.60. The van der Waals surface area contributed by atoms with Gasteiger partial charge in [0.2, 0.25) is 11.9 Å². The predicted molar refractivity (Wildman–Crippen MR) is 94.1 cm³/mol. The van der Waals surface area contributed by atoms with E-state index < -0.39 is 12.1 Å². The van der Waals surface area contributed by atoms with E-state index in [9.17, 15) is 9.59 Å². The van der Waals surface area contributed by atoms with Crippen molar-refractivity contribution in [3.63, 3.8) is 0 Å². The lowest BCUT2D eigenvalue weighted by atomic mass is 10.0. The number of carbonyl (C=O) groups excluding carboxylic acids is 2. The number of ether oxygens (including phenoxy) is 1. The standard InChI is InChI=1S/C17H27N5O3/c1-10(2)14(22-17(24)25-4)15(23)20-12-6-5-7-13(12)21-16-18-8-11(3)9-19-16/h8-10,12-14H,5-7H2,1-4H3,(H,20,23)(H,22,24)(H,18,19,21)/t12-,13-,14+/m1/s1. The molecule has 3 atom stereocenters. The Morgan fingerprint density at radius 3 is 2.44 bits per heavy atom. The van der Waals surface area contributed by atoms with Crippen LogP contribution in [0.25, 0.3) is 0 Å². The third-order valence-electron chi connectivity index (χ3n) is 4.35. The van der Waals surface area contributed by atoms with Crippen LogP contribution in [0.4, 0.5) is 10.7 Å². The number of rotatable bonds is 6. The largest absolute Gasteiger partial charge is 0.453 e. The van der Waals surface area contributed by atoms with Gasteiger partial charge in [0, 0.05) is 24.5 Å². The maximum atomic E-state index is 12.6. The van der Waals surface area contributed by atoms with E-state index in [4.69, 9.17) is 0 Å². The van der Waals surface area contributed by atoms with Crippen LogP contribution in [0.3, 0.4) is 0 Å². The molecule has 1 saturated carbocycles. The summed E-state index contributed by atoms with van der Waals surface area (Å²) in [6.45, 7) is 5.69. The van der Waals surface area contributed by atoms with Gasteiger partial charge in [0.15, 0.2) is 0 Å². The van der Waals surface area contributed by atoms with E-state index in [1.54, 1.807) is 12.4 Å². The lowest BCUT2D eigenvalue weighted by Crippen LogP contribution is -2.54. The number of aromatic nitrogens is 2. The van der Waals surface area contributed by atoms with Crippen molar-refractivity contribution in [2.24, 2.45) is 5.92 Å². The van der Waals surface area contributed by atoms with Gasteiger partial charge >= 0.3 is 6.09 Å². The fraction of sp³-hybridized carbons (Fsp3) is 0.647. The van der Waals surface area contributed by atoms with E-state index in [2.05, 4.69) is 30.7 Å². The van der Waals surface area contributed by atoms with Gasteiger partial charge in [0.25, 0.3) is 0 Å². The SMILES string of the molecule is COC(=O)N[C@H](C(=O)N[C@@H]1CCC[C@H]1Nc1ncc(C)cn1)C(C)C. The molecule has 1 aromatic rings. The van der Waals surface area contributed by atoms with Gasteiger partial charge in [-0.1, -0.05) is 13.8 Å². The molecule has 1 aromatic heterocycles. The molecule has 25 heavy (non-hydrogen) atoms. The van der Waals surface area contributed by atoms with Crippen molar-refractivity contribution < 1.29 is 14.3 Å². The van der Waals surface area contributed by atoms with Crippen LogP contribution in [0.2, 0.25) is 0 Å². The maximum absolute atomic E-state index is 12.6. The number of nitrogens with zero attached hydrogens (tertiary/aromatic N) is 2. The van der Waals surface area contributed by atoms with E-state index in [-0.39, 0.29) is 23.9 Å². The van der Waals surface area contributed by atoms with Gasteiger partial charge in [-0.25, -0.2) is 14.8 Å². The van der Waals surface area contributed by atoms with Gasteiger partial charge in [-0.05, 0) is 37.7 Å². The fourth-order valence-electron chi connectivity index (χ4n) is 2.93. The Labute approximate surface area is 148 Å². The summed E-state index contributed by atoms with van der Waals surface area (Å²) in [5.74, 6) is 0.307. The Hall–Kier alpha value is -2.38. The highest BCUT2D eigenvalue weighted by Crippen LogP contribution is 2.22. The summed E-state index contributed by atoms with van der Waals surface area (Å²) in [5.41, 5.74) is 0.996. The van der Waals surface area contributed by atoms with Gasteiger partial charge in [-0.3, -0.25) is 4.79 Å². The van der Waals surface area contributed by atoms with Crippen LogP contribution in [-0.4, -0.2) is 47.2 Å². The first-order chi connectivity index (χ1) is 11.9. The first-order valence-corrected chi connectivity index (χ1v) is 8.60. The van der Waals surface area contributed by atoms with E-state index >= 15 is 0 Å². The lowest BCUT2D eigenvalue weighted by molar-refractivity contribution is -0.124. The highest BCUT2D eigenvalue weighted by atomic mass is 16.5. The van der Waals surface area contributed by atoms with E-state index in [1.165, 1.54) is 7.11 Å². The zero-order valence-electron chi connectivity index (χ0n) is 15.2. The number of anilines is 1. The van der Waals surface area contributed by atoms with Crippen molar-refractivity contribution in [3.05, 3.63) is 18.0 Å². The average molecular weight is 349 g/mol. The molecule has 1 aliphatic carbocycles. The van der Waals surface area contributed by atoms with Crippen molar-refractivity contribution in [2.75, 3.05) is 12.4 Å². The maximum Gasteiger partial charge on any atom is 0.407 e. The molecule has 1 aliphatic rings. The number of hydrogen-bond donors (Lipinski definition) is 3. The van der Waals surface area contributed by atoms with Gasteiger partial charge in [-0.2, -0.15) is 0 Å². The zero-order valence-corrected chi connectivity index (χ0v) is 15.2. The average Bonchev–Trinajstić information content (AvgIpc) is 3.00. The minimum atomic E-state index is -0.635. The number of carbonyl (C=O) groups is 2. The zero-order chi connectivity index (χ0) is 18.4. The number of alkyl carbamates (subject to hydrolysis) is 1. The minimum absolute atomic E-state index is 0.0295. The number of amides is 2. The number of nitrogens with one attached hydrogen (secondary N) is 3. The highest BCUT2D eigenvalue weighted by Gasteiger charge is 2.32. The second kappa shape index (κ2) is 8.64. The quantitative estimate of drug-likeness (QED) is 0.721. The second-order valence-corrected chi connectivity index (χ2v) is 6.74. The fourth-order valence-corrected chi connectivity index (χ4v) is 2.93. The van der Waals surface area contributed by atoms with Crippen molar-refractivity contribution in [1.29, 1.82) is 0 Å². The molecule has 0 aromatic carbocycles. The summed E-state index contributed by atoms with van der Waals surface area (Å²) in [6.07, 6.45) is 5.71. The van der Waals surface area contributed by atoms with Crippen LogP contribution in [-0.2, 0) is 9.53 Å². The number of hydrogen-bond acceptors (Lipinski definition) is 6. The molecule has 0 aliphatic heterocycles. The molecule has 2 amide bonds. The van der Waals surface area contributed by atoms with Crippen molar-refractivity contribution >= 4 is 17.9 Å². The Morgan fingerprint density at radius 1 is 1.20 bits per heavy atom. The van der Waals surface area contributed by atoms with Crippen LogP contribution in [0.5, 0.6) is 0 Å². The van der Waals surface area contributed by atoms with Crippen LogP contribution < -0.4 is 16.0 Å². The summed E-state index contributed by atoms with van der Waals surface area (Å²) < 4.78 is 4.60. The smallest absolute Gasteiger partial charge is 0.407 e. The molecular formula is C17H27N5O3. The molecule has 8 heteroatoms. The van der Waals surface area contributed by atoms with E-state index in [0.29, 0.717) is 5.95 Å². The van der Waals surface area contributed by atoms with Gasteiger partial charge < -0.3 is 20.7 Å². The second-order valence-electron chi connectivity index (χ2n) is 6.74. The number of aryl methyl sites for hydroxylation is 1. The van der Waals surface area contributed by atoms with Gasteiger partial charge in [0.1, 0.15) is 6.04 Å². The molecule has 8 nitrogen and oxygen atoms in total. The molecule has 3 N–H and O–H groups in total. The Bertz CT molecular complexity index is 590. The monoisotopic (exact) mass is 349 g/mol. The Balaban J connectivity index is 1.97. The normalized spacial score (nSPS) is 20.8. The lowest BCUT2D eigenvalue weighted by Gasteiger charge is -2.26. The third-order valence-corrected chi connectivity index (χ3v) is 4.35. The molecule has 138 valence electrons. The summed E-state index contributed by atoms with van der Waals surface area (Å²) in [5, 5.41) is 8.93. The topological polar surface area (TPSA) is 105 Å². The minimum Gasteiger partial charge on any atom is -0.453 e. The van der Waals surface area contributed by atoms with E-state index in [0.717, 1.165) is 24.8 Å². The van der Waals surface area contributed by atoms with Gasteiger partial charge in [-0.15, -0.1) is 0 Å². The van der Waals surface area contributed by atoms with Crippen LogP contribution in [0, 0.1) is 12.8 Å². The molecule has 0 bridgehead atoms. The molecule has 0 saturated heterocycles. The predicted octanol–water partition coefficient (Wildman–Crippen LogP) is 1.61. The first kappa shape index (κ1) is 19.0. The summed E-state index contributed by atoms with van der Waals surface area (Å²) >= 11 is 0. The summed E-state index contributed by atoms with van der Waals surface area (Å²) in [6, 6.07) is -0.597. The van der Waals surface area contributed by atoms with Crippen LogP contribution >= 0.6 is 0 Å². The molecule has 2 rings (SSSR count). The Kier molecular flexibility index (Phi) is 6.55. The molecular weight excluding hydrogens is 322 g/mol. The third kappa shape index (κ3) is 5.30. The van der Waals surface area contributed by atoms with E-state index in [1.807, 2.05) is 20.8 Å². The summed E-state index contributed by atoms with van der Waals surface area (Å²) in [4.78, 5) is 32.6. The van der Waals surface area contributed by atoms with Crippen LogP contribution in [0.15, 0.2) is 12.4 Å². The molecule has 0 spiro atoms. The summed E-state index contributed by atoms with van der Waals surface area (Å²) in [7, 11) is 1.28. The molecule has 1 heterocycles. The number of methoxy groups -OCH3 is 1. The molecule has 1 fully saturated rings. The molecule has 0 unspecified atom stereocenters. The van der Waals surface area contributed by atoms with Gasteiger partial charge in [0.05, 0.1) is 7.11 Å². The van der Waals surface area contributed by atoms with Crippen LogP contribution in [0.1, 0.15) is 38.7 Å². The highest BCUT2D eigenvalue weighted by molar-refractivity contribution is 5.86.